The van der Waals surface area contributed by atoms with Crippen molar-refractivity contribution in [2.45, 2.75) is 57.5 Å². The maximum atomic E-state index is 3.82. The molecule has 112 valence electrons. The summed E-state index contributed by atoms with van der Waals surface area (Å²) in [5, 5.41) is 8.32. The van der Waals surface area contributed by atoms with E-state index in [-0.39, 0.29) is 0 Å². The van der Waals surface area contributed by atoms with E-state index in [1.165, 1.54) is 57.3 Å². The normalized spacial score (nSPS) is 31.6. The van der Waals surface area contributed by atoms with Crippen molar-refractivity contribution in [3.05, 3.63) is 22.4 Å². The Labute approximate surface area is 127 Å². The van der Waals surface area contributed by atoms with Crippen LogP contribution in [0.4, 0.5) is 0 Å². The first-order valence-corrected chi connectivity index (χ1v) is 9.16. The molecule has 2 nitrogen and oxygen atoms in total. The summed E-state index contributed by atoms with van der Waals surface area (Å²) in [5.41, 5.74) is 1.92. The van der Waals surface area contributed by atoms with Crippen molar-refractivity contribution in [3.63, 3.8) is 0 Å². The van der Waals surface area contributed by atoms with Crippen molar-refractivity contribution >= 4 is 11.3 Å². The van der Waals surface area contributed by atoms with Crippen LogP contribution >= 0.6 is 11.3 Å². The van der Waals surface area contributed by atoms with Crippen molar-refractivity contribution in [1.29, 1.82) is 0 Å². The molecule has 1 aliphatic heterocycles. The number of rotatable bonds is 6. The lowest BCUT2D eigenvalue weighted by molar-refractivity contribution is 0.0341. The van der Waals surface area contributed by atoms with Gasteiger partial charge < -0.3 is 5.32 Å². The van der Waals surface area contributed by atoms with Gasteiger partial charge in [0.25, 0.3) is 0 Å². The van der Waals surface area contributed by atoms with E-state index in [0.29, 0.717) is 11.6 Å². The fourth-order valence-corrected chi connectivity index (χ4v) is 4.40. The monoisotopic (exact) mass is 292 g/mol. The molecule has 2 aliphatic rings. The molecule has 3 heteroatoms. The number of piperazine rings is 1. The quantitative estimate of drug-likeness (QED) is 0.863. The largest absolute Gasteiger partial charge is 0.311 e. The Kier molecular flexibility index (Phi) is 4.49. The van der Waals surface area contributed by atoms with Gasteiger partial charge in [-0.1, -0.05) is 13.3 Å². The number of nitrogens with one attached hydrogen (secondary N) is 1. The van der Waals surface area contributed by atoms with Crippen molar-refractivity contribution in [2.24, 2.45) is 5.92 Å². The Bertz CT molecular complexity index is 413. The van der Waals surface area contributed by atoms with Gasteiger partial charge in [0.15, 0.2) is 0 Å². The average molecular weight is 292 g/mol. The van der Waals surface area contributed by atoms with Crippen molar-refractivity contribution < 1.29 is 0 Å². The molecule has 1 aliphatic carbocycles. The summed E-state index contributed by atoms with van der Waals surface area (Å²) in [6, 6.07) is 2.99. The highest BCUT2D eigenvalue weighted by atomic mass is 32.1. The third-order valence-corrected chi connectivity index (χ3v) is 5.99. The molecular weight excluding hydrogens is 264 g/mol. The minimum Gasteiger partial charge on any atom is -0.311 e. The van der Waals surface area contributed by atoms with Gasteiger partial charge in [-0.05, 0) is 60.9 Å². The zero-order valence-corrected chi connectivity index (χ0v) is 13.7. The van der Waals surface area contributed by atoms with E-state index < -0.39 is 0 Å². The van der Waals surface area contributed by atoms with Gasteiger partial charge in [-0.3, -0.25) is 4.90 Å². The van der Waals surface area contributed by atoms with Crippen LogP contribution in [0.15, 0.2) is 16.8 Å². The fraction of sp³-hybridized carbons (Fsp3) is 0.765. The summed E-state index contributed by atoms with van der Waals surface area (Å²) in [7, 11) is 0. The molecule has 2 fully saturated rings. The van der Waals surface area contributed by atoms with Gasteiger partial charge in [-0.2, -0.15) is 11.3 Å². The van der Waals surface area contributed by atoms with Crippen LogP contribution < -0.4 is 5.32 Å². The Balaban J connectivity index is 1.64. The second-order valence-electron chi connectivity index (χ2n) is 6.83. The molecule has 1 N–H and O–H groups in total. The minimum absolute atomic E-state index is 0.403. The Morgan fingerprint density at radius 1 is 1.45 bits per heavy atom. The zero-order valence-electron chi connectivity index (χ0n) is 12.9. The lowest BCUT2D eigenvalue weighted by atomic mass is 9.88. The smallest absolute Gasteiger partial charge is 0.0334 e. The van der Waals surface area contributed by atoms with E-state index in [4.69, 9.17) is 0 Å². The standard InChI is InChI=1S/C17H28N2S/c1-3-4-16-11-19(9-7-14-8-10-20-12-14)17(2,13-18-16)15-5-6-15/h8,10,12,15-16,18H,3-7,9,11,13H2,1-2H3. The molecule has 3 rings (SSSR count). The topological polar surface area (TPSA) is 15.3 Å². The van der Waals surface area contributed by atoms with E-state index in [0.717, 1.165) is 5.92 Å². The number of nitrogens with zero attached hydrogens (tertiary/aromatic N) is 1. The van der Waals surface area contributed by atoms with Crippen LogP contribution in [0.3, 0.4) is 0 Å². The van der Waals surface area contributed by atoms with Crippen LogP contribution in [0.1, 0.15) is 45.1 Å². The second-order valence-corrected chi connectivity index (χ2v) is 7.61. The van der Waals surface area contributed by atoms with Gasteiger partial charge in [0.05, 0.1) is 0 Å². The van der Waals surface area contributed by atoms with Crippen LogP contribution in [-0.2, 0) is 6.42 Å². The molecule has 1 saturated heterocycles. The van der Waals surface area contributed by atoms with Crippen LogP contribution in [0.25, 0.3) is 0 Å². The predicted octanol–water partition coefficient (Wildman–Crippen LogP) is 3.53. The van der Waals surface area contributed by atoms with E-state index >= 15 is 0 Å². The first-order valence-electron chi connectivity index (χ1n) is 8.22. The maximum Gasteiger partial charge on any atom is 0.0334 e. The maximum absolute atomic E-state index is 3.82. The van der Waals surface area contributed by atoms with Gasteiger partial charge in [0, 0.05) is 31.2 Å². The van der Waals surface area contributed by atoms with Crippen molar-refractivity contribution in [1.82, 2.24) is 10.2 Å². The average Bonchev–Trinajstić information content (AvgIpc) is 3.18. The van der Waals surface area contributed by atoms with Gasteiger partial charge in [0.2, 0.25) is 0 Å². The minimum atomic E-state index is 0.403. The predicted molar refractivity (Wildman–Crippen MR) is 87.4 cm³/mol. The summed E-state index contributed by atoms with van der Waals surface area (Å²) >= 11 is 1.82. The third kappa shape index (κ3) is 3.10. The Morgan fingerprint density at radius 2 is 2.30 bits per heavy atom. The van der Waals surface area contributed by atoms with Gasteiger partial charge >= 0.3 is 0 Å². The van der Waals surface area contributed by atoms with Crippen molar-refractivity contribution in [3.8, 4) is 0 Å². The van der Waals surface area contributed by atoms with E-state index in [1.54, 1.807) is 0 Å². The van der Waals surface area contributed by atoms with Crippen LogP contribution in [-0.4, -0.2) is 36.1 Å². The fourth-order valence-electron chi connectivity index (χ4n) is 3.70. The number of hydrogen-bond acceptors (Lipinski definition) is 3. The van der Waals surface area contributed by atoms with Gasteiger partial charge in [-0.15, -0.1) is 0 Å². The lowest BCUT2D eigenvalue weighted by Crippen LogP contribution is -2.64. The second kappa shape index (κ2) is 6.17. The van der Waals surface area contributed by atoms with E-state index in [2.05, 4.69) is 40.9 Å². The lowest BCUT2D eigenvalue weighted by Gasteiger charge is -2.49. The summed E-state index contributed by atoms with van der Waals surface area (Å²) in [4.78, 5) is 2.80. The summed E-state index contributed by atoms with van der Waals surface area (Å²) in [5.74, 6) is 0.931. The molecule has 0 radical (unpaired) electrons. The van der Waals surface area contributed by atoms with Crippen LogP contribution in [0.5, 0.6) is 0 Å². The van der Waals surface area contributed by atoms with Crippen molar-refractivity contribution in [2.75, 3.05) is 19.6 Å². The Hall–Kier alpha value is -0.380. The SMILES string of the molecule is CCCC1CN(CCc2ccsc2)C(C)(C2CC2)CN1. The number of thiophene rings is 1. The highest BCUT2D eigenvalue weighted by molar-refractivity contribution is 7.07. The van der Waals surface area contributed by atoms with Crippen LogP contribution in [0, 0.1) is 5.92 Å². The molecule has 20 heavy (non-hydrogen) atoms. The molecule has 2 heterocycles. The van der Waals surface area contributed by atoms with Gasteiger partial charge in [-0.25, -0.2) is 0 Å². The zero-order chi connectivity index (χ0) is 14.0. The molecule has 0 amide bonds. The Morgan fingerprint density at radius 3 is 2.95 bits per heavy atom. The molecular formula is C17H28N2S. The molecule has 1 aromatic heterocycles. The third-order valence-electron chi connectivity index (χ3n) is 5.26. The highest BCUT2D eigenvalue weighted by Gasteiger charge is 2.47. The molecule has 0 bridgehead atoms. The van der Waals surface area contributed by atoms with E-state index in [9.17, 15) is 0 Å². The van der Waals surface area contributed by atoms with E-state index in [1.807, 2.05) is 11.3 Å². The van der Waals surface area contributed by atoms with Crippen LogP contribution in [0.2, 0.25) is 0 Å². The first kappa shape index (κ1) is 14.6. The summed E-state index contributed by atoms with van der Waals surface area (Å²) in [6.07, 6.45) is 6.69. The molecule has 2 unspecified atom stereocenters. The molecule has 1 aromatic rings. The molecule has 0 spiro atoms. The number of hydrogen-bond donors (Lipinski definition) is 1. The molecule has 1 saturated carbocycles. The highest BCUT2D eigenvalue weighted by Crippen LogP contribution is 2.44. The van der Waals surface area contributed by atoms with Gasteiger partial charge in [0.1, 0.15) is 0 Å². The first-order chi connectivity index (χ1) is 9.72. The summed E-state index contributed by atoms with van der Waals surface area (Å²) in [6.45, 7) is 8.45. The molecule has 2 atom stereocenters. The summed E-state index contributed by atoms with van der Waals surface area (Å²) < 4.78 is 0. The molecule has 0 aromatic carbocycles.